The highest BCUT2D eigenvalue weighted by molar-refractivity contribution is 5.15. The van der Waals surface area contributed by atoms with Gasteiger partial charge in [-0.05, 0) is 38.1 Å². The number of aromatic nitrogens is 2. The number of nitrogens with one attached hydrogen (secondary N) is 1. The molecule has 2 unspecified atom stereocenters. The first-order valence-electron chi connectivity index (χ1n) is 8.35. The largest absolute Gasteiger partial charge is 0.312 e. The van der Waals surface area contributed by atoms with Crippen LogP contribution in [0.25, 0.3) is 0 Å². The first-order valence-corrected chi connectivity index (χ1v) is 8.35. The number of aryl methyl sites for hydroxylation is 1. The van der Waals surface area contributed by atoms with Crippen LogP contribution in [0, 0.1) is 18.8 Å². The molecule has 1 aromatic heterocycles. The van der Waals surface area contributed by atoms with Crippen molar-refractivity contribution in [3.63, 3.8) is 0 Å². The quantitative estimate of drug-likeness (QED) is 0.849. The van der Waals surface area contributed by atoms with Crippen LogP contribution in [0.5, 0.6) is 0 Å². The van der Waals surface area contributed by atoms with Crippen molar-refractivity contribution in [2.75, 3.05) is 6.54 Å². The van der Waals surface area contributed by atoms with Crippen LogP contribution in [-0.2, 0) is 6.54 Å². The fourth-order valence-corrected chi connectivity index (χ4v) is 3.25. The van der Waals surface area contributed by atoms with Crippen LogP contribution in [-0.4, -0.2) is 16.3 Å². The lowest BCUT2D eigenvalue weighted by atomic mass is 9.84. The molecule has 1 aromatic rings. The molecule has 1 aliphatic carbocycles. The zero-order valence-electron chi connectivity index (χ0n) is 13.7. The minimum atomic E-state index is 0.631. The van der Waals surface area contributed by atoms with E-state index in [4.69, 9.17) is 5.10 Å². The molecule has 1 N–H and O–H groups in total. The average molecular weight is 277 g/mol. The van der Waals surface area contributed by atoms with Gasteiger partial charge in [-0.3, -0.25) is 4.68 Å². The van der Waals surface area contributed by atoms with E-state index in [0.29, 0.717) is 12.0 Å². The number of hydrogen-bond donors (Lipinski definition) is 1. The monoisotopic (exact) mass is 277 g/mol. The van der Waals surface area contributed by atoms with Gasteiger partial charge in [-0.2, -0.15) is 5.10 Å². The van der Waals surface area contributed by atoms with Gasteiger partial charge in [-0.25, -0.2) is 0 Å². The molecule has 0 bridgehead atoms. The zero-order chi connectivity index (χ0) is 14.5. The Bertz CT molecular complexity index is 408. The number of nitrogens with zero attached hydrogens (tertiary/aromatic N) is 2. The third kappa shape index (κ3) is 4.08. The third-order valence-corrected chi connectivity index (χ3v) is 4.59. The standard InChI is InChI=1S/C17H31N3/c1-5-15-7-6-8-17(9-15)20-12-16(14(4)19-20)11-18-10-13(2)3/h12-13,15,17-18H,5-11H2,1-4H3. The summed E-state index contributed by atoms with van der Waals surface area (Å²) in [5.41, 5.74) is 2.56. The summed E-state index contributed by atoms with van der Waals surface area (Å²) in [4.78, 5) is 0. The molecule has 0 radical (unpaired) electrons. The van der Waals surface area contributed by atoms with Crippen molar-refractivity contribution < 1.29 is 0 Å². The van der Waals surface area contributed by atoms with Crippen molar-refractivity contribution in [1.82, 2.24) is 15.1 Å². The van der Waals surface area contributed by atoms with E-state index >= 15 is 0 Å². The Morgan fingerprint density at radius 1 is 1.40 bits per heavy atom. The molecule has 2 rings (SSSR count). The third-order valence-electron chi connectivity index (χ3n) is 4.59. The molecule has 1 saturated carbocycles. The predicted molar refractivity (Wildman–Crippen MR) is 84.8 cm³/mol. The second kappa shape index (κ2) is 7.26. The Balaban J connectivity index is 1.95. The Morgan fingerprint density at radius 3 is 2.90 bits per heavy atom. The first kappa shape index (κ1) is 15.6. The summed E-state index contributed by atoms with van der Waals surface area (Å²) in [6.07, 6.45) is 9.00. The molecule has 0 saturated heterocycles. The Morgan fingerprint density at radius 2 is 2.20 bits per heavy atom. The molecule has 1 fully saturated rings. The van der Waals surface area contributed by atoms with E-state index in [-0.39, 0.29) is 0 Å². The summed E-state index contributed by atoms with van der Waals surface area (Å²) < 4.78 is 2.25. The lowest BCUT2D eigenvalue weighted by Crippen LogP contribution is -2.20. The Hall–Kier alpha value is -0.830. The van der Waals surface area contributed by atoms with E-state index in [0.717, 1.165) is 19.0 Å². The van der Waals surface area contributed by atoms with Crippen molar-refractivity contribution in [3.8, 4) is 0 Å². The molecule has 0 aliphatic heterocycles. The minimum absolute atomic E-state index is 0.631. The molecule has 20 heavy (non-hydrogen) atoms. The maximum Gasteiger partial charge on any atom is 0.0638 e. The molecule has 1 heterocycles. The smallest absolute Gasteiger partial charge is 0.0638 e. The molecule has 3 heteroatoms. The van der Waals surface area contributed by atoms with Gasteiger partial charge in [-0.15, -0.1) is 0 Å². The predicted octanol–water partition coefficient (Wildman–Crippen LogP) is 4.08. The highest BCUT2D eigenvalue weighted by Gasteiger charge is 2.23. The van der Waals surface area contributed by atoms with Crippen LogP contribution in [0.15, 0.2) is 6.20 Å². The van der Waals surface area contributed by atoms with Gasteiger partial charge < -0.3 is 5.32 Å². The summed E-state index contributed by atoms with van der Waals surface area (Å²) in [6.45, 7) is 11.0. The van der Waals surface area contributed by atoms with Gasteiger partial charge in [0.2, 0.25) is 0 Å². The highest BCUT2D eigenvalue weighted by atomic mass is 15.3. The summed E-state index contributed by atoms with van der Waals surface area (Å²) in [7, 11) is 0. The fourth-order valence-electron chi connectivity index (χ4n) is 3.25. The maximum absolute atomic E-state index is 4.78. The summed E-state index contributed by atoms with van der Waals surface area (Å²) in [5.74, 6) is 1.61. The van der Waals surface area contributed by atoms with Gasteiger partial charge in [0.15, 0.2) is 0 Å². The molecular weight excluding hydrogens is 246 g/mol. The van der Waals surface area contributed by atoms with Gasteiger partial charge >= 0.3 is 0 Å². The molecule has 0 amide bonds. The van der Waals surface area contributed by atoms with E-state index in [1.54, 1.807) is 0 Å². The van der Waals surface area contributed by atoms with E-state index in [2.05, 4.69) is 43.9 Å². The topological polar surface area (TPSA) is 29.9 Å². The maximum atomic E-state index is 4.78. The molecular formula is C17H31N3. The molecule has 3 nitrogen and oxygen atoms in total. The highest BCUT2D eigenvalue weighted by Crippen LogP contribution is 2.34. The van der Waals surface area contributed by atoms with E-state index < -0.39 is 0 Å². The SMILES string of the molecule is CCC1CCCC(n2cc(CNCC(C)C)c(C)n2)C1. The lowest BCUT2D eigenvalue weighted by molar-refractivity contribution is 0.247. The number of rotatable bonds is 6. The van der Waals surface area contributed by atoms with Crippen LogP contribution in [0.1, 0.15) is 70.2 Å². The first-order chi connectivity index (χ1) is 9.60. The van der Waals surface area contributed by atoms with Crippen molar-refractivity contribution in [2.24, 2.45) is 11.8 Å². The van der Waals surface area contributed by atoms with Crippen LogP contribution in [0.2, 0.25) is 0 Å². The molecule has 0 spiro atoms. The Labute approximate surface area is 124 Å². The minimum Gasteiger partial charge on any atom is -0.312 e. The average Bonchev–Trinajstić information content (AvgIpc) is 2.80. The van der Waals surface area contributed by atoms with Gasteiger partial charge in [0.25, 0.3) is 0 Å². The van der Waals surface area contributed by atoms with Crippen LogP contribution >= 0.6 is 0 Å². The second-order valence-corrected chi connectivity index (χ2v) is 6.84. The van der Waals surface area contributed by atoms with Crippen LogP contribution in [0.3, 0.4) is 0 Å². The summed E-state index contributed by atoms with van der Waals surface area (Å²) in [5, 5.41) is 8.30. The van der Waals surface area contributed by atoms with Crippen molar-refractivity contribution in [1.29, 1.82) is 0 Å². The van der Waals surface area contributed by atoms with Crippen LogP contribution < -0.4 is 5.32 Å². The zero-order valence-corrected chi connectivity index (χ0v) is 13.7. The van der Waals surface area contributed by atoms with E-state index in [1.165, 1.54) is 43.4 Å². The molecule has 1 aliphatic rings. The molecule has 114 valence electrons. The van der Waals surface area contributed by atoms with Gasteiger partial charge in [-0.1, -0.05) is 40.0 Å². The molecule has 0 aromatic carbocycles. The Kier molecular flexibility index (Phi) is 5.64. The van der Waals surface area contributed by atoms with Gasteiger partial charge in [0.1, 0.15) is 0 Å². The van der Waals surface area contributed by atoms with Crippen molar-refractivity contribution in [2.45, 2.75) is 72.4 Å². The second-order valence-electron chi connectivity index (χ2n) is 6.84. The van der Waals surface area contributed by atoms with Gasteiger partial charge in [0.05, 0.1) is 11.7 Å². The van der Waals surface area contributed by atoms with E-state index in [9.17, 15) is 0 Å². The lowest BCUT2D eigenvalue weighted by Gasteiger charge is -2.28. The van der Waals surface area contributed by atoms with Gasteiger partial charge in [0, 0.05) is 18.3 Å². The summed E-state index contributed by atoms with van der Waals surface area (Å²) >= 11 is 0. The summed E-state index contributed by atoms with van der Waals surface area (Å²) in [6, 6.07) is 0.631. The van der Waals surface area contributed by atoms with E-state index in [1.807, 2.05) is 0 Å². The number of hydrogen-bond acceptors (Lipinski definition) is 2. The van der Waals surface area contributed by atoms with Crippen LogP contribution in [0.4, 0.5) is 0 Å². The normalized spacial score (nSPS) is 23.4. The van der Waals surface area contributed by atoms with Crippen molar-refractivity contribution in [3.05, 3.63) is 17.5 Å². The van der Waals surface area contributed by atoms with Crippen molar-refractivity contribution >= 4 is 0 Å². The fraction of sp³-hybridized carbons (Fsp3) is 0.824. The molecule has 2 atom stereocenters.